The quantitative estimate of drug-likeness (QED) is 0.347. The fourth-order valence-corrected chi connectivity index (χ4v) is 0.482. The minimum absolute atomic E-state index is 0. The molecule has 0 atom stereocenters. The van der Waals surface area contributed by atoms with Crippen molar-refractivity contribution in [1.82, 2.24) is 0 Å². The van der Waals surface area contributed by atoms with Gasteiger partial charge in [-0.2, -0.15) is 13.1 Å². The predicted octanol–water partition coefficient (Wildman–Crippen LogP) is -2.77. The zero-order valence-electron chi connectivity index (χ0n) is 6.71. The van der Waals surface area contributed by atoms with Gasteiger partial charge in [0.05, 0.1) is 0 Å². The van der Waals surface area contributed by atoms with E-state index in [1.165, 1.54) is 0 Å². The molecule has 0 aromatic carbocycles. The molecule has 0 aromatic rings. The molecule has 0 bridgehead atoms. The molecular weight excluding hydrogens is 220 g/mol. The Morgan fingerprint density at radius 1 is 0.923 bits per heavy atom. The van der Waals surface area contributed by atoms with E-state index in [9.17, 15) is 19.8 Å². The number of rotatable bonds is 7. The Kier molecular flexibility index (Phi) is 10.8. The van der Waals surface area contributed by atoms with E-state index in [4.69, 9.17) is 0 Å². The van der Waals surface area contributed by atoms with Crippen LogP contribution in [0.1, 0.15) is 0 Å². The van der Waals surface area contributed by atoms with Crippen LogP contribution < -0.4 is 10.2 Å². The zero-order valence-corrected chi connectivity index (χ0v) is 7.81. The monoisotopic (exact) mass is 228 g/mol. The molecule has 0 fully saturated rings. The molecule has 0 saturated carbocycles. The van der Waals surface area contributed by atoms with Crippen molar-refractivity contribution >= 4 is 11.9 Å². The number of hydrogen-bond acceptors (Lipinski definition) is 4. The molecule has 0 aromatic heterocycles. The van der Waals surface area contributed by atoms with Crippen LogP contribution in [0.3, 0.4) is 0 Å². The first-order chi connectivity index (χ1) is 5.63. The van der Waals surface area contributed by atoms with Gasteiger partial charge < -0.3 is 30.4 Å². The van der Waals surface area contributed by atoms with E-state index in [2.05, 4.69) is 10.6 Å². The van der Waals surface area contributed by atoms with Gasteiger partial charge in [0.15, 0.2) is 0 Å². The van der Waals surface area contributed by atoms with E-state index in [-0.39, 0.29) is 43.2 Å². The molecule has 0 rings (SSSR count). The van der Waals surface area contributed by atoms with Gasteiger partial charge in [0, 0.05) is 11.9 Å². The van der Waals surface area contributed by atoms with Crippen LogP contribution in [-0.4, -0.2) is 38.1 Å². The van der Waals surface area contributed by atoms with Gasteiger partial charge in [-0.15, -0.1) is 13.1 Å². The fourth-order valence-electron chi connectivity index (χ4n) is 0.482. The number of hydrogen-bond donors (Lipinski definition) is 0. The van der Waals surface area contributed by atoms with Crippen LogP contribution in [-0.2, 0) is 26.7 Å². The molecule has 0 unspecified atom stereocenters. The SMILES string of the molecule is O=C([O-])C[N-]CC[N-]CC(=O)[O-].[Fe+5]. The summed E-state index contributed by atoms with van der Waals surface area (Å²) in [6.45, 7) is -0.357. The minimum Gasteiger partial charge on any atom is -0.659 e. The largest absolute Gasteiger partial charge is 5.00 e. The third-order valence-corrected chi connectivity index (χ3v) is 0.898. The second-order valence-electron chi connectivity index (χ2n) is 1.95. The first-order valence-corrected chi connectivity index (χ1v) is 3.29. The van der Waals surface area contributed by atoms with Crippen LogP contribution in [0.5, 0.6) is 0 Å². The number of carbonyl (C=O) groups is 2. The van der Waals surface area contributed by atoms with Gasteiger partial charge in [-0.1, -0.05) is 0 Å². The zero-order chi connectivity index (χ0) is 9.40. The molecule has 0 amide bonds. The summed E-state index contributed by atoms with van der Waals surface area (Å²) in [5, 5.41) is 26.6. The minimum atomic E-state index is -1.25. The number of carboxylic acid groups (broad SMARTS) is 2. The average molecular weight is 228 g/mol. The van der Waals surface area contributed by atoms with E-state index >= 15 is 0 Å². The van der Waals surface area contributed by atoms with E-state index < -0.39 is 11.9 Å². The molecule has 0 N–H and O–H groups in total. The smallest absolute Gasteiger partial charge is 0.659 e. The molecule has 0 heterocycles. The van der Waals surface area contributed by atoms with Crippen LogP contribution in [0.25, 0.3) is 10.6 Å². The van der Waals surface area contributed by atoms with Crippen LogP contribution in [0.15, 0.2) is 0 Å². The van der Waals surface area contributed by atoms with Gasteiger partial charge in [-0.25, -0.2) is 0 Å². The summed E-state index contributed by atoms with van der Waals surface area (Å²) < 4.78 is 0. The molecule has 0 aliphatic rings. The first-order valence-electron chi connectivity index (χ1n) is 3.29. The maximum absolute atomic E-state index is 9.80. The Balaban J connectivity index is 0. The molecule has 6 nitrogen and oxygen atoms in total. The summed E-state index contributed by atoms with van der Waals surface area (Å²) in [6.07, 6.45) is 0. The summed E-state index contributed by atoms with van der Waals surface area (Å²) in [4.78, 5) is 19.6. The topological polar surface area (TPSA) is 108 Å². The summed E-state index contributed by atoms with van der Waals surface area (Å²) in [6, 6.07) is 0. The second-order valence-corrected chi connectivity index (χ2v) is 1.95. The van der Waals surface area contributed by atoms with Crippen molar-refractivity contribution in [2.45, 2.75) is 0 Å². The van der Waals surface area contributed by atoms with Crippen molar-refractivity contribution < 1.29 is 36.9 Å². The summed E-state index contributed by atoms with van der Waals surface area (Å²) >= 11 is 0. The van der Waals surface area contributed by atoms with Crippen LogP contribution in [0.2, 0.25) is 0 Å². The number of carbonyl (C=O) groups excluding carboxylic acids is 2. The predicted molar refractivity (Wildman–Crippen MR) is 36.2 cm³/mol. The third-order valence-electron chi connectivity index (χ3n) is 0.898. The Labute approximate surface area is 86.2 Å². The summed E-state index contributed by atoms with van der Waals surface area (Å²) in [7, 11) is 0. The molecule has 0 saturated heterocycles. The number of carboxylic acids is 2. The Morgan fingerprint density at radius 3 is 1.46 bits per heavy atom. The van der Waals surface area contributed by atoms with E-state index in [1.807, 2.05) is 0 Å². The van der Waals surface area contributed by atoms with Crippen molar-refractivity contribution in [2.75, 3.05) is 26.2 Å². The molecular formula is C6H8FeN2O4+. The van der Waals surface area contributed by atoms with Gasteiger partial charge in [0.25, 0.3) is 0 Å². The first kappa shape index (κ1) is 14.9. The summed E-state index contributed by atoms with van der Waals surface area (Å²) in [5.41, 5.74) is 0. The molecule has 0 spiro atoms. The third kappa shape index (κ3) is 14.3. The average Bonchev–Trinajstić information content (AvgIpc) is 1.95. The van der Waals surface area contributed by atoms with Crippen molar-refractivity contribution in [3.05, 3.63) is 10.6 Å². The van der Waals surface area contributed by atoms with E-state index in [1.54, 1.807) is 0 Å². The van der Waals surface area contributed by atoms with Crippen molar-refractivity contribution in [2.24, 2.45) is 0 Å². The second kappa shape index (κ2) is 9.47. The summed E-state index contributed by atoms with van der Waals surface area (Å²) in [5.74, 6) is -2.51. The fraction of sp³-hybridized carbons (Fsp3) is 0.667. The number of aliphatic carboxylic acids is 2. The molecule has 13 heavy (non-hydrogen) atoms. The number of nitrogens with zero attached hydrogens (tertiary/aromatic N) is 2. The van der Waals surface area contributed by atoms with Crippen LogP contribution in [0.4, 0.5) is 0 Å². The van der Waals surface area contributed by atoms with Crippen LogP contribution in [0, 0.1) is 0 Å². The van der Waals surface area contributed by atoms with E-state index in [0.29, 0.717) is 0 Å². The molecule has 7 heteroatoms. The van der Waals surface area contributed by atoms with Crippen molar-refractivity contribution in [3.8, 4) is 0 Å². The maximum atomic E-state index is 9.80. The Morgan fingerprint density at radius 2 is 1.23 bits per heavy atom. The molecule has 1 radical (unpaired) electrons. The molecule has 73 valence electrons. The van der Waals surface area contributed by atoms with Crippen LogP contribution >= 0.6 is 0 Å². The van der Waals surface area contributed by atoms with Gasteiger partial charge in [0.2, 0.25) is 0 Å². The van der Waals surface area contributed by atoms with Crippen molar-refractivity contribution in [1.29, 1.82) is 0 Å². The van der Waals surface area contributed by atoms with Gasteiger partial charge in [0.1, 0.15) is 0 Å². The van der Waals surface area contributed by atoms with Gasteiger partial charge >= 0.3 is 17.1 Å². The molecule has 0 aliphatic heterocycles. The Bertz CT molecular complexity index is 147. The Hall–Kier alpha value is -0.621. The van der Waals surface area contributed by atoms with E-state index in [0.717, 1.165) is 0 Å². The standard InChI is InChI=1S/C6H10N2O4.Fe/c9-5(10)3-7-1-2-8-4-6(11)12;/h1-4H2,(H,9,10)(H,11,12);/q-2;+5/p-2. The van der Waals surface area contributed by atoms with Gasteiger partial charge in [-0.3, -0.25) is 0 Å². The normalized spacial score (nSPS) is 8.92. The molecule has 0 aliphatic carbocycles. The maximum Gasteiger partial charge on any atom is 5.00 e. The van der Waals surface area contributed by atoms with Crippen molar-refractivity contribution in [3.63, 3.8) is 0 Å². The van der Waals surface area contributed by atoms with Gasteiger partial charge in [-0.05, 0) is 0 Å².